The van der Waals surface area contributed by atoms with Crippen molar-refractivity contribution in [2.24, 2.45) is 11.8 Å². The van der Waals surface area contributed by atoms with Crippen molar-refractivity contribution < 1.29 is 4.79 Å². The summed E-state index contributed by atoms with van der Waals surface area (Å²) >= 11 is 5.00. The molecule has 0 aliphatic heterocycles. The number of hydrogen-bond acceptors (Lipinski definition) is 2. The first-order chi connectivity index (χ1) is 6.09. The van der Waals surface area contributed by atoms with E-state index >= 15 is 0 Å². The Bertz CT molecular complexity index is 336. The van der Waals surface area contributed by atoms with E-state index in [0.717, 1.165) is 15.1 Å². The molecular formula is C10H11BrOS. The molecule has 1 saturated carbocycles. The summed E-state index contributed by atoms with van der Waals surface area (Å²) in [5.41, 5.74) is 1.17. The van der Waals surface area contributed by atoms with Crippen molar-refractivity contribution in [1.29, 1.82) is 0 Å². The molecule has 0 bridgehead atoms. The molecule has 1 nitrogen and oxygen atoms in total. The lowest BCUT2D eigenvalue weighted by atomic mass is 10.2. The van der Waals surface area contributed by atoms with Gasteiger partial charge in [-0.05, 0) is 46.8 Å². The molecular weight excluding hydrogens is 248 g/mol. The van der Waals surface area contributed by atoms with Crippen molar-refractivity contribution in [3.8, 4) is 0 Å². The number of Topliss-reactive ketones (excluding diaryl/α,β-unsaturated/α-hetero) is 1. The fourth-order valence-electron chi connectivity index (χ4n) is 1.45. The van der Waals surface area contributed by atoms with Gasteiger partial charge in [0, 0.05) is 5.92 Å². The van der Waals surface area contributed by atoms with E-state index in [1.54, 1.807) is 11.3 Å². The number of aryl methyl sites for hydroxylation is 1. The van der Waals surface area contributed by atoms with Crippen LogP contribution < -0.4 is 0 Å². The van der Waals surface area contributed by atoms with Gasteiger partial charge in [0.1, 0.15) is 0 Å². The van der Waals surface area contributed by atoms with E-state index in [4.69, 9.17) is 0 Å². The summed E-state index contributed by atoms with van der Waals surface area (Å²) in [4.78, 5) is 12.7. The van der Waals surface area contributed by atoms with Crippen LogP contribution in [-0.2, 0) is 0 Å². The molecule has 2 unspecified atom stereocenters. The van der Waals surface area contributed by atoms with Gasteiger partial charge in [-0.15, -0.1) is 11.3 Å². The van der Waals surface area contributed by atoms with Crippen molar-refractivity contribution in [2.75, 3.05) is 0 Å². The summed E-state index contributed by atoms with van der Waals surface area (Å²) in [6.07, 6.45) is 1.08. The maximum atomic E-state index is 11.8. The van der Waals surface area contributed by atoms with Gasteiger partial charge in [-0.2, -0.15) is 0 Å². The topological polar surface area (TPSA) is 17.1 Å². The van der Waals surface area contributed by atoms with Crippen LogP contribution in [0.2, 0.25) is 0 Å². The summed E-state index contributed by atoms with van der Waals surface area (Å²) in [5, 5.41) is 0. The van der Waals surface area contributed by atoms with E-state index in [2.05, 4.69) is 22.9 Å². The Morgan fingerprint density at radius 2 is 2.31 bits per heavy atom. The number of hydrogen-bond donors (Lipinski definition) is 0. The molecule has 0 amide bonds. The molecule has 2 atom stereocenters. The normalized spacial score (nSPS) is 26.1. The van der Waals surface area contributed by atoms with Crippen molar-refractivity contribution in [3.63, 3.8) is 0 Å². The van der Waals surface area contributed by atoms with Crippen LogP contribution >= 0.6 is 27.3 Å². The summed E-state index contributed by atoms with van der Waals surface area (Å²) in [6.45, 7) is 4.16. The van der Waals surface area contributed by atoms with E-state index in [9.17, 15) is 4.79 Å². The molecule has 70 valence electrons. The summed E-state index contributed by atoms with van der Waals surface area (Å²) in [5.74, 6) is 1.25. The van der Waals surface area contributed by atoms with Gasteiger partial charge in [-0.1, -0.05) is 6.92 Å². The van der Waals surface area contributed by atoms with Crippen LogP contribution in [-0.4, -0.2) is 5.78 Å². The molecule has 1 aliphatic carbocycles. The summed E-state index contributed by atoms with van der Waals surface area (Å²) < 4.78 is 1.09. The quantitative estimate of drug-likeness (QED) is 0.741. The van der Waals surface area contributed by atoms with E-state index in [1.807, 2.05) is 13.0 Å². The molecule has 1 aromatic rings. The number of carbonyl (C=O) groups excluding carboxylic acids is 1. The fourth-order valence-corrected chi connectivity index (χ4v) is 2.99. The van der Waals surface area contributed by atoms with Gasteiger partial charge in [0.05, 0.1) is 8.66 Å². The first-order valence-corrected chi connectivity index (χ1v) is 6.00. The summed E-state index contributed by atoms with van der Waals surface area (Å²) in [7, 11) is 0. The molecule has 1 fully saturated rings. The second kappa shape index (κ2) is 3.21. The van der Waals surface area contributed by atoms with E-state index < -0.39 is 0 Å². The predicted molar refractivity (Wildman–Crippen MR) is 58.4 cm³/mol. The zero-order valence-electron chi connectivity index (χ0n) is 7.63. The van der Waals surface area contributed by atoms with Gasteiger partial charge in [-0.3, -0.25) is 4.79 Å². The van der Waals surface area contributed by atoms with E-state index in [0.29, 0.717) is 17.6 Å². The molecule has 0 spiro atoms. The van der Waals surface area contributed by atoms with Crippen LogP contribution in [0.4, 0.5) is 0 Å². The fraction of sp³-hybridized carbons (Fsp3) is 0.500. The Morgan fingerprint density at radius 1 is 1.69 bits per heavy atom. The highest BCUT2D eigenvalue weighted by molar-refractivity contribution is 9.11. The molecule has 0 aromatic carbocycles. The van der Waals surface area contributed by atoms with Crippen LogP contribution in [0.25, 0.3) is 0 Å². The molecule has 1 aliphatic rings. The molecule has 3 heteroatoms. The highest BCUT2D eigenvalue weighted by atomic mass is 79.9. The molecule has 1 aromatic heterocycles. The second-order valence-corrected chi connectivity index (χ2v) is 6.12. The lowest BCUT2D eigenvalue weighted by Crippen LogP contribution is -1.99. The molecule has 1 heterocycles. The van der Waals surface area contributed by atoms with Gasteiger partial charge in [0.25, 0.3) is 0 Å². The molecule has 13 heavy (non-hydrogen) atoms. The first-order valence-electron chi connectivity index (χ1n) is 4.39. The highest BCUT2D eigenvalue weighted by Crippen LogP contribution is 2.42. The Hall–Kier alpha value is -0.150. The Morgan fingerprint density at radius 3 is 2.69 bits per heavy atom. The highest BCUT2D eigenvalue weighted by Gasteiger charge is 2.39. The third kappa shape index (κ3) is 1.72. The number of halogens is 1. The first kappa shape index (κ1) is 9.41. The third-order valence-corrected chi connectivity index (χ3v) is 4.70. The molecule has 0 radical (unpaired) electrons. The van der Waals surface area contributed by atoms with Crippen molar-refractivity contribution in [1.82, 2.24) is 0 Å². The van der Waals surface area contributed by atoms with Crippen LogP contribution in [0.1, 0.15) is 28.6 Å². The minimum absolute atomic E-state index is 0.310. The number of rotatable bonds is 2. The van der Waals surface area contributed by atoms with Crippen LogP contribution in [0.3, 0.4) is 0 Å². The standard InChI is InChI=1S/C10H11BrOS/c1-5-3-7(5)9(12)8-4-6(2)10(11)13-8/h4-5,7H,3H2,1-2H3. The number of thiophene rings is 1. The largest absolute Gasteiger partial charge is 0.293 e. The van der Waals surface area contributed by atoms with Crippen molar-refractivity contribution in [2.45, 2.75) is 20.3 Å². The minimum atomic E-state index is 0.310. The Balaban J connectivity index is 2.21. The van der Waals surface area contributed by atoms with Gasteiger partial charge in [0.15, 0.2) is 5.78 Å². The predicted octanol–water partition coefficient (Wildman–Crippen LogP) is 3.66. The average Bonchev–Trinajstić information content (AvgIpc) is 2.70. The van der Waals surface area contributed by atoms with Crippen LogP contribution in [0.5, 0.6) is 0 Å². The Kier molecular flexibility index (Phi) is 2.32. The molecule has 0 N–H and O–H groups in total. The van der Waals surface area contributed by atoms with Crippen LogP contribution in [0, 0.1) is 18.8 Å². The molecule has 2 rings (SSSR count). The number of ketones is 1. The lowest BCUT2D eigenvalue weighted by Gasteiger charge is -1.91. The van der Waals surface area contributed by atoms with Gasteiger partial charge in [-0.25, -0.2) is 0 Å². The number of carbonyl (C=O) groups is 1. The van der Waals surface area contributed by atoms with E-state index in [-0.39, 0.29) is 0 Å². The maximum Gasteiger partial charge on any atom is 0.176 e. The smallest absolute Gasteiger partial charge is 0.176 e. The van der Waals surface area contributed by atoms with Gasteiger partial charge >= 0.3 is 0 Å². The monoisotopic (exact) mass is 258 g/mol. The average molecular weight is 259 g/mol. The zero-order chi connectivity index (χ0) is 9.59. The third-order valence-electron chi connectivity index (χ3n) is 2.55. The van der Waals surface area contributed by atoms with Gasteiger partial charge in [0.2, 0.25) is 0 Å². The minimum Gasteiger partial charge on any atom is -0.293 e. The maximum absolute atomic E-state index is 11.8. The summed E-state index contributed by atoms with van der Waals surface area (Å²) in [6, 6.07) is 1.99. The van der Waals surface area contributed by atoms with Crippen molar-refractivity contribution >= 4 is 33.0 Å². The molecule has 0 saturated heterocycles. The zero-order valence-corrected chi connectivity index (χ0v) is 10.0. The van der Waals surface area contributed by atoms with Crippen molar-refractivity contribution in [3.05, 3.63) is 20.3 Å². The van der Waals surface area contributed by atoms with Gasteiger partial charge < -0.3 is 0 Å². The SMILES string of the molecule is Cc1cc(C(=O)C2CC2C)sc1Br. The second-order valence-electron chi connectivity index (χ2n) is 3.75. The van der Waals surface area contributed by atoms with E-state index in [1.165, 1.54) is 5.56 Å². The Labute approximate surface area is 90.3 Å². The van der Waals surface area contributed by atoms with Crippen LogP contribution in [0.15, 0.2) is 9.85 Å². The lowest BCUT2D eigenvalue weighted by molar-refractivity contribution is 0.0966.